The van der Waals surface area contributed by atoms with E-state index in [1.54, 1.807) is 0 Å². The highest BCUT2D eigenvalue weighted by Crippen LogP contribution is 2.00. The van der Waals surface area contributed by atoms with E-state index in [4.69, 9.17) is 5.11 Å². The number of aliphatic carboxylic acids is 1. The van der Waals surface area contributed by atoms with Gasteiger partial charge in [-0.2, -0.15) is 0 Å². The fourth-order valence-electron chi connectivity index (χ4n) is 1.99. The van der Waals surface area contributed by atoms with Crippen LogP contribution >= 0.6 is 0 Å². The van der Waals surface area contributed by atoms with E-state index in [0.717, 1.165) is 26.2 Å². The molecule has 7 nitrogen and oxygen atoms in total. The normalized spacial score (nSPS) is 20.3. The van der Waals surface area contributed by atoms with E-state index in [9.17, 15) is 13.8 Å². The van der Waals surface area contributed by atoms with Crippen LogP contribution < -0.4 is 5.32 Å². The number of nitrogens with zero attached hydrogens (tertiary/aromatic N) is 2. The number of hydrogen-bond acceptors (Lipinski definition) is 5. The van der Waals surface area contributed by atoms with Crippen LogP contribution in [0.1, 0.15) is 6.92 Å². The highest BCUT2D eigenvalue weighted by molar-refractivity contribution is 7.85. The second-order valence-electron chi connectivity index (χ2n) is 5.05. The van der Waals surface area contributed by atoms with Gasteiger partial charge in [0.1, 0.15) is 6.04 Å². The van der Waals surface area contributed by atoms with E-state index in [1.807, 2.05) is 0 Å². The molecule has 0 bridgehead atoms. The summed E-state index contributed by atoms with van der Waals surface area (Å²) >= 11 is 0. The topological polar surface area (TPSA) is 90.0 Å². The zero-order chi connectivity index (χ0) is 15.1. The Bertz CT molecular complexity index is 370. The third-order valence-corrected chi connectivity index (χ3v) is 4.60. The molecule has 1 heterocycles. The standard InChI is InChI=1S/C12H23N3O4S/c1-10(16)13-11(12(17)18)9-20(19)8-7-15-5-3-14(2)4-6-15/h11H,3-9H2,1-2H3,(H,13,16)(H,17,18). The maximum absolute atomic E-state index is 11.9. The third-order valence-electron chi connectivity index (χ3n) is 3.26. The Hall–Kier alpha value is -0.990. The second kappa shape index (κ2) is 8.33. The van der Waals surface area contributed by atoms with Gasteiger partial charge in [-0.15, -0.1) is 0 Å². The smallest absolute Gasteiger partial charge is 0.327 e. The fraction of sp³-hybridized carbons (Fsp3) is 0.833. The van der Waals surface area contributed by atoms with Gasteiger partial charge in [0.05, 0.1) is 5.75 Å². The van der Waals surface area contributed by atoms with E-state index in [2.05, 4.69) is 22.2 Å². The van der Waals surface area contributed by atoms with Crippen LogP contribution in [0.2, 0.25) is 0 Å². The van der Waals surface area contributed by atoms with Gasteiger partial charge in [-0.25, -0.2) is 4.79 Å². The first-order valence-corrected chi connectivity index (χ1v) is 8.13. The van der Waals surface area contributed by atoms with Gasteiger partial charge in [-0.05, 0) is 7.05 Å². The van der Waals surface area contributed by atoms with Gasteiger partial charge in [0, 0.05) is 56.2 Å². The average molecular weight is 305 g/mol. The molecule has 0 aromatic carbocycles. The molecular weight excluding hydrogens is 282 g/mol. The SMILES string of the molecule is CC(=O)NC(CS(=O)CCN1CCN(C)CC1)C(=O)O. The molecule has 2 atom stereocenters. The summed E-state index contributed by atoms with van der Waals surface area (Å²) in [6.45, 7) is 5.84. The van der Waals surface area contributed by atoms with Crippen LogP contribution in [0.5, 0.6) is 0 Å². The van der Waals surface area contributed by atoms with Crippen LogP contribution in [0, 0.1) is 0 Å². The maximum atomic E-state index is 11.9. The molecule has 1 aliphatic heterocycles. The fourth-order valence-corrected chi connectivity index (χ4v) is 3.22. The molecule has 2 N–H and O–H groups in total. The molecule has 0 spiro atoms. The third kappa shape index (κ3) is 6.44. The molecule has 0 saturated carbocycles. The van der Waals surface area contributed by atoms with Gasteiger partial charge in [0.15, 0.2) is 0 Å². The second-order valence-corrected chi connectivity index (χ2v) is 6.67. The lowest BCUT2D eigenvalue weighted by atomic mass is 10.3. The average Bonchev–Trinajstić information content (AvgIpc) is 2.36. The Morgan fingerprint density at radius 1 is 1.30 bits per heavy atom. The molecule has 1 amide bonds. The Morgan fingerprint density at radius 2 is 1.90 bits per heavy atom. The van der Waals surface area contributed by atoms with Crippen LogP contribution in [0.4, 0.5) is 0 Å². The Balaban J connectivity index is 2.31. The van der Waals surface area contributed by atoms with E-state index >= 15 is 0 Å². The number of carboxylic acid groups (broad SMARTS) is 1. The molecule has 1 fully saturated rings. The van der Waals surface area contributed by atoms with Gasteiger partial charge < -0.3 is 15.3 Å². The van der Waals surface area contributed by atoms with Crippen molar-refractivity contribution in [2.75, 3.05) is 51.3 Å². The molecular formula is C12H23N3O4S. The molecule has 0 aromatic heterocycles. The summed E-state index contributed by atoms with van der Waals surface area (Å²) in [6, 6.07) is -1.07. The highest BCUT2D eigenvalue weighted by atomic mass is 32.2. The quantitative estimate of drug-likeness (QED) is 0.599. The monoisotopic (exact) mass is 305 g/mol. The summed E-state index contributed by atoms with van der Waals surface area (Å²) in [5.41, 5.74) is 0. The highest BCUT2D eigenvalue weighted by Gasteiger charge is 2.22. The predicted octanol–water partition coefficient (Wildman–Crippen LogP) is -1.43. The van der Waals surface area contributed by atoms with Crippen LogP contribution in [-0.4, -0.2) is 88.3 Å². The number of amides is 1. The zero-order valence-corrected chi connectivity index (χ0v) is 12.8. The Labute approximate surface area is 121 Å². The number of nitrogens with one attached hydrogen (secondary N) is 1. The molecule has 20 heavy (non-hydrogen) atoms. The van der Waals surface area contributed by atoms with Crippen molar-refractivity contribution in [2.45, 2.75) is 13.0 Å². The predicted molar refractivity (Wildman–Crippen MR) is 77.1 cm³/mol. The lowest BCUT2D eigenvalue weighted by molar-refractivity contribution is -0.140. The largest absolute Gasteiger partial charge is 0.480 e. The van der Waals surface area contributed by atoms with Crippen molar-refractivity contribution in [1.29, 1.82) is 0 Å². The number of piperazine rings is 1. The van der Waals surface area contributed by atoms with Gasteiger partial charge >= 0.3 is 5.97 Å². The summed E-state index contributed by atoms with van der Waals surface area (Å²) in [6.07, 6.45) is 0. The van der Waals surface area contributed by atoms with E-state index < -0.39 is 28.7 Å². The van der Waals surface area contributed by atoms with Crippen molar-refractivity contribution in [2.24, 2.45) is 0 Å². The number of hydrogen-bond donors (Lipinski definition) is 2. The molecule has 1 saturated heterocycles. The number of carbonyl (C=O) groups excluding carboxylic acids is 1. The van der Waals surface area contributed by atoms with Crippen molar-refractivity contribution in [3.05, 3.63) is 0 Å². The van der Waals surface area contributed by atoms with Gasteiger partial charge in [0.25, 0.3) is 0 Å². The van der Waals surface area contributed by atoms with Gasteiger partial charge in [-0.1, -0.05) is 0 Å². The van der Waals surface area contributed by atoms with Crippen molar-refractivity contribution < 1.29 is 18.9 Å². The molecule has 0 aliphatic carbocycles. The molecule has 8 heteroatoms. The first kappa shape index (κ1) is 17.1. The van der Waals surface area contributed by atoms with Crippen LogP contribution in [0.15, 0.2) is 0 Å². The number of rotatable bonds is 7. The lowest BCUT2D eigenvalue weighted by Crippen LogP contribution is -2.47. The summed E-state index contributed by atoms with van der Waals surface area (Å²) in [5.74, 6) is -1.17. The Morgan fingerprint density at radius 3 is 2.40 bits per heavy atom. The minimum atomic E-state index is -1.25. The minimum Gasteiger partial charge on any atom is -0.480 e. The van der Waals surface area contributed by atoms with E-state index in [1.165, 1.54) is 6.92 Å². The van der Waals surface area contributed by atoms with Crippen molar-refractivity contribution in [3.8, 4) is 0 Å². The number of likely N-dealkylation sites (N-methyl/N-ethyl adjacent to an activating group) is 1. The zero-order valence-electron chi connectivity index (χ0n) is 12.0. The molecule has 0 radical (unpaired) electrons. The summed E-state index contributed by atoms with van der Waals surface area (Å²) in [7, 11) is 0.821. The first-order valence-electron chi connectivity index (χ1n) is 6.64. The molecule has 1 aliphatic rings. The minimum absolute atomic E-state index is 0.0390. The number of carbonyl (C=O) groups is 2. The lowest BCUT2D eigenvalue weighted by Gasteiger charge is -2.32. The summed E-state index contributed by atoms with van der Waals surface area (Å²) in [4.78, 5) is 26.3. The van der Waals surface area contributed by atoms with Gasteiger partial charge in [-0.3, -0.25) is 13.9 Å². The first-order chi connectivity index (χ1) is 9.38. The van der Waals surface area contributed by atoms with Crippen molar-refractivity contribution >= 4 is 22.7 Å². The van der Waals surface area contributed by atoms with E-state index in [0.29, 0.717) is 12.3 Å². The van der Waals surface area contributed by atoms with Crippen molar-refractivity contribution in [1.82, 2.24) is 15.1 Å². The van der Waals surface area contributed by atoms with Gasteiger partial charge in [0.2, 0.25) is 5.91 Å². The molecule has 1 rings (SSSR count). The summed E-state index contributed by atoms with van der Waals surface area (Å²) < 4.78 is 11.9. The van der Waals surface area contributed by atoms with E-state index in [-0.39, 0.29) is 5.75 Å². The van der Waals surface area contributed by atoms with Crippen LogP contribution in [0.3, 0.4) is 0 Å². The van der Waals surface area contributed by atoms with Crippen molar-refractivity contribution in [3.63, 3.8) is 0 Å². The van der Waals surface area contributed by atoms with Crippen LogP contribution in [-0.2, 0) is 20.4 Å². The summed E-state index contributed by atoms with van der Waals surface area (Å²) in [5, 5.41) is 11.3. The Kier molecular flexibility index (Phi) is 7.11. The number of carboxylic acids is 1. The molecule has 116 valence electrons. The van der Waals surface area contributed by atoms with Crippen LogP contribution in [0.25, 0.3) is 0 Å². The molecule has 2 unspecified atom stereocenters. The molecule has 0 aromatic rings. The maximum Gasteiger partial charge on any atom is 0.327 e.